The highest BCUT2D eigenvalue weighted by molar-refractivity contribution is 5.86. The lowest BCUT2D eigenvalue weighted by Gasteiger charge is -2.22. The molecule has 0 bridgehead atoms. The van der Waals surface area contributed by atoms with E-state index in [4.69, 9.17) is 10.2 Å². The molecule has 1 fully saturated rings. The lowest BCUT2D eigenvalue weighted by atomic mass is 10.2. The Labute approximate surface area is 104 Å². The summed E-state index contributed by atoms with van der Waals surface area (Å²) >= 11 is 0. The van der Waals surface area contributed by atoms with Crippen molar-refractivity contribution < 1.29 is 37.8 Å². The van der Waals surface area contributed by atoms with Gasteiger partial charge in [-0.2, -0.15) is 13.2 Å². The van der Waals surface area contributed by atoms with Crippen LogP contribution in [-0.2, 0) is 9.59 Å². The molecule has 108 valence electrons. The van der Waals surface area contributed by atoms with E-state index in [9.17, 15) is 27.6 Å². The number of carboxylic acid groups (broad SMARTS) is 2. The van der Waals surface area contributed by atoms with Crippen molar-refractivity contribution in [3.63, 3.8) is 0 Å². The summed E-state index contributed by atoms with van der Waals surface area (Å²) in [5, 5.41) is 20.3. The van der Waals surface area contributed by atoms with Crippen molar-refractivity contribution in [2.24, 2.45) is 0 Å². The predicted octanol–water partition coefficient (Wildman–Crippen LogP) is 0.308. The average molecular weight is 284 g/mol. The number of alkyl halides is 3. The Morgan fingerprint density at radius 3 is 2.05 bits per heavy atom. The molecule has 4 N–H and O–H groups in total. The van der Waals surface area contributed by atoms with Crippen molar-refractivity contribution in [3.05, 3.63) is 0 Å². The van der Waals surface area contributed by atoms with E-state index in [0.717, 1.165) is 0 Å². The Morgan fingerprint density at radius 2 is 1.74 bits per heavy atom. The highest BCUT2D eigenvalue weighted by atomic mass is 19.4. The summed E-state index contributed by atoms with van der Waals surface area (Å²) in [6, 6.07) is -3.15. The fourth-order valence-electron chi connectivity index (χ4n) is 1.39. The van der Waals surface area contributed by atoms with Crippen LogP contribution in [0.25, 0.3) is 0 Å². The first-order chi connectivity index (χ1) is 8.57. The number of carbonyl (C=O) groups excluding carboxylic acids is 1. The smallest absolute Gasteiger partial charge is 0.411 e. The molecular formula is C9H11F3N2O5. The van der Waals surface area contributed by atoms with Crippen molar-refractivity contribution in [2.75, 3.05) is 0 Å². The number of nitrogens with one attached hydrogen (secondary N) is 2. The molecule has 0 aromatic rings. The molecule has 0 heterocycles. The molecule has 0 spiro atoms. The van der Waals surface area contributed by atoms with Crippen LogP contribution in [0.5, 0.6) is 0 Å². The Morgan fingerprint density at radius 1 is 1.21 bits per heavy atom. The van der Waals surface area contributed by atoms with Crippen LogP contribution in [-0.4, -0.2) is 45.9 Å². The molecule has 0 radical (unpaired) electrons. The molecule has 0 aromatic heterocycles. The molecule has 0 aromatic carbocycles. The summed E-state index contributed by atoms with van der Waals surface area (Å²) in [6.07, 6.45) is -6.14. The molecule has 0 aliphatic heterocycles. The summed E-state index contributed by atoms with van der Waals surface area (Å²) < 4.78 is 37.5. The summed E-state index contributed by atoms with van der Waals surface area (Å²) in [7, 11) is 0. The van der Waals surface area contributed by atoms with Crippen LogP contribution in [0.15, 0.2) is 0 Å². The first kappa shape index (κ1) is 15.1. The average Bonchev–Trinajstić information content (AvgIpc) is 2.95. The maximum absolute atomic E-state index is 12.5. The topological polar surface area (TPSA) is 116 Å². The van der Waals surface area contributed by atoms with Crippen LogP contribution < -0.4 is 10.6 Å². The molecular weight excluding hydrogens is 273 g/mol. The van der Waals surface area contributed by atoms with E-state index >= 15 is 0 Å². The number of carboxylic acids is 2. The Balaban J connectivity index is 2.59. The number of hydrogen-bond donors (Lipinski definition) is 4. The van der Waals surface area contributed by atoms with Gasteiger partial charge in [-0.25, -0.2) is 9.59 Å². The van der Waals surface area contributed by atoms with Gasteiger partial charge in [-0.05, 0) is 12.8 Å². The summed E-state index contributed by atoms with van der Waals surface area (Å²) in [5.74, 6) is -3.14. The fourth-order valence-corrected chi connectivity index (χ4v) is 1.39. The highest BCUT2D eigenvalue weighted by Gasteiger charge is 2.64. The lowest BCUT2D eigenvalue weighted by molar-refractivity contribution is -0.162. The van der Waals surface area contributed by atoms with Crippen molar-refractivity contribution >= 4 is 18.0 Å². The lowest BCUT2D eigenvalue weighted by Crippen LogP contribution is -2.55. The second-order valence-electron chi connectivity index (χ2n) is 4.17. The molecule has 7 nitrogen and oxygen atoms in total. The number of amides is 2. The maximum Gasteiger partial charge on any atom is 0.411 e. The molecule has 10 heteroatoms. The van der Waals surface area contributed by atoms with Gasteiger partial charge in [0.1, 0.15) is 11.6 Å². The largest absolute Gasteiger partial charge is 0.481 e. The van der Waals surface area contributed by atoms with Crippen molar-refractivity contribution in [1.29, 1.82) is 0 Å². The van der Waals surface area contributed by atoms with E-state index in [1.54, 1.807) is 10.6 Å². The number of rotatable bonds is 5. The van der Waals surface area contributed by atoms with E-state index in [-0.39, 0.29) is 12.8 Å². The van der Waals surface area contributed by atoms with E-state index in [2.05, 4.69) is 0 Å². The van der Waals surface area contributed by atoms with Crippen molar-refractivity contribution in [3.8, 4) is 0 Å². The predicted molar refractivity (Wildman–Crippen MR) is 53.4 cm³/mol. The molecule has 1 rings (SSSR count). The number of aliphatic carboxylic acids is 2. The normalized spacial score (nSPS) is 18.3. The van der Waals surface area contributed by atoms with Gasteiger partial charge in [0, 0.05) is 0 Å². The Bertz CT molecular complexity index is 405. The van der Waals surface area contributed by atoms with Gasteiger partial charge in [0.15, 0.2) is 0 Å². The molecule has 1 atom stereocenters. The second kappa shape index (κ2) is 4.94. The molecule has 2 amide bonds. The van der Waals surface area contributed by atoms with Crippen LogP contribution in [0, 0.1) is 0 Å². The van der Waals surface area contributed by atoms with Gasteiger partial charge in [-0.1, -0.05) is 0 Å². The zero-order valence-electron chi connectivity index (χ0n) is 9.45. The molecule has 1 saturated carbocycles. The van der Waals surface area contributed by atoms with Gasteiger partial charge in [0.25, 0.3) is 0 Å². The van der Waals surface area contributed by atoms with E-state index in [1.807, 2.05) is 0 Å². The monoisotopic (exact) mass is 284 g/mol. The zero-order chi connectivity index (χ0) is 14.8. The quantitative estimate of drug-likeness (QED) is 0.580. The number of halogens is 3. The third-order valence-corrected chi connectivity index (χ3v) is 2.63. The first-order valence-electron chi connectivity index (χ1n) is 5.17. The molecule has 1 aliphatic carbocycles. The van der Waals surface area contributed by atoms with Crippen molar-refractivity contribution in [2.45, 2.75) is 37.0 Å². The summed E-state index contributed by atoms with van der Waals surface area (Å²) in [6.45, 7) is 0. The minimum absolute atomic E-state index is 0.291. The van der Waals surface area contributed by atoms with Gasteiger partial charge < -0.3 is 20.8 Å². The van der Waals surface area contributed by atoms with E-state index in [0.29, 0.717) is 0 Å². The third-order valence-electron chi connectivity index (χ3n) is 2.63. The van der Waals surface area contributed by atoms with Gasteiger partial charge in [0.2, 0.25) is 0 Å². The highest BCUT2D eigenvalue weighted by Crippen LogP contribution is 2.48. The second-order valence-corrected chi connectivity index (χ2v) is 4.17. The van der Waals surface area contributed by atoms with Gasteiger partial charge in [-0.15, -0.1) is 0 Å². The van der Waals surface area contributed by atoms with Crippen molar-refractivity contribution in [1.82, 2.24) is 10.6 Å². The third kappa shape index (κ3) is 3.73. The van der Waals surface area contributed by atoms with Gasteiger partial charge >= 0.3 is 24.1 Å². The van der Waals surface area contributed by atoms with Crippen LogP contribution in [0.2, 0.25) is 0 Å². The number of urea groups is 1. The summed E-state index contributed by atoms with van der Waals surface area (Å²) in [4.78, 5) is 32.2. The zero-order valence-corrected chi connectivity index (χ0v) is 9.45. The molecule has 0 unspecified atom stereocenters. The van der Waals surface area contributed by atoms with E-state index < -0.39 is 42.1 Å². The number of hydrogen-bond acceptors (Lipinski definition) is 3. The molecule has 19 heavy (non-hydrogen) atoms. The SMILES string of the molecule is O=C(O)C[C@@H](NC(=O)NC1(C(F)(F)F)CC1)C(=O)O. The summed E-state index contributed by atoms with van der Waals surface area (Å²) in [5.41, 5.74) is -2.33. The minimum atomic E-state index is -4.63. The minimum Gasteiger partial charge on any atom is -0.481 e. The van der Waals surface area contributed by atoms with Crippen LogP contribution in [0.4, 0.5) is 18.0 Å². The van der Waals surface area contributed by atoms with E-state index in [1.165, 1.54) is 0 Å². The number of carbonyl (C=O) groups is 3. The first-order valence-corrected chi connectivity index (χ1v) is 5.17. The van der Waals surface area contributed by atoms with Crippen LogP contribution in [0.3, 0.4) is 0 Å². The van der Waals surface area contributed by atoms with Crippen LogP contribution >= 0.6 is 0 Å². The van der Waals surface area contributed by atoms with Crippen LogP contribution in [0.1, 0.15) is 19.3 Å². The molecule has 1 aliphatic rings. The van der Waals surface area contributed by atoms with Gasteiger partial charge in [-0.3, -0.25) is 4.79 Å². The Kier molecular flexibility index (Phi) is 3.91. The Hall–Kier alpha value is -2.00. The fraction of sp³-hybridized carbons (Fsp3) is 0.667. The maximum atomic E-state index is 12.5. The van der Waals surface area contributed by atoms with Gasteiger partial charge in [0.05, 0.1) is 6.42 Å². The standard InChI is InChI=1S/C9H11F3N2O5/c10-9(11,12)8(1-2-8)14-7(19)13-4(6(17)18)3-5(15)16/h4H,1-3H2,(H,15,16)(H,17,18)(H2,13,14,19)/t4-/m1/s1. The molecule has 0 saturated heterocycles.